The summed E-state index contributed by atoms with van der Waals surface area (Å²) in [6.07, 6.45) is 0. The van der Waals surface area contributed by atoms with Crippen LogP contribution in [-0.4, -0.2) is 12.4 Å². The van der Waals surface area contributed by atoms with Crippen molar-refractivity contribution in [1.29, 1.82) is 0 Å². The molecule has 0 saturated carbocycles. The largest absolute Gasteiger partial charge is 0.356 e. The SMILES string of the molecule is O=C(c1ccc(I)cc1)[C@]1(c2ccc(F)cc2F)CO1. The number of benzene rings is 2. The molecule has 1 aliphatic heterocycles. The molecule has 1 saturated heterocycles. The molecule has 20 heavy (non-hydrogen) atoms. The van der Waals surface area contributed by atoms with Gasteiger partial charge in [-0.3, -0.25) is 4.79 Å². The van der Waals surface area contributed by atoms with E-state index in [-0.39, 0.29) is 18.0 Å². The van der Waals surface area contributed by atoms with Crippen molar-refractivity contribution in [2.24, 2.45) is 0 Å². The molecule has 3 rings (SSSR count). The van der Waals surface area contributed by atoms with Crippen molar-refractivity contribution >= 4 is 28.4 Å². The van der Waals surface area contributed by atoms with Gasteiger partial charge in [0.2, 0.25) is 5.78 Å². The van der Waals surface area contributed by atoms with Crippen LogP contribution in [0, 0.1) is 15.2 Å². The lowest BCUT2D eigenvalue weighted by atomic mass is 9.90. The zero-order chi connectivity index (χ0) is 14.3. The van der Waals surface area contributed by atoms with E-state index in [4.69, 9.17) is 4.74 Å². The second kappa shape index (κ2) is 4.89. The molecule has 1 aliphatic rings. The van der Waals surface area contributed by atoms with Crippen LogP contribution in [0.4, 0.5) is 8.78 Å². The van der Waals surface area contributed by atoms with E-state index in [1.165, 1.54) is 6.07 Å². The first kappa shape index (κ1) is 13.6. The molecular formula is C15H9F2IO2. The Morgan fingerprint density at radius 3 is 2.35 bits per heavy atom. The van der Waals surface area contributed by atoms with E-state index in [1.807, 2.05) is 0 Å². The average Bonchev–Trinajstić information content (AvgIpc) is 3.20. The van der Waals surface area contributed by atoms with Gasteiger partial charge in [-0.15, -0.1) is 0 Å². The third-order valence-corrected chi connectivity index (χ3v) is 3.99. The Labute approximate surface area is 127 Å². The maximum Gasteiger partial charge on any atom is 0.201 e. The second-order valence-electron chi connectivity index (χ2n) is 4.58. The summed E-state index contributed by atoms with van der Waals surface area (Å²) in [6, 6.07) is 10.1. The number of Topliss-reactive ketones (excluding diaryl/α,β-unsaturated/α-hetero) is 1. The lowest BCUT2D eigenvalue weighted by molar-refractivity contribution is 0.0867. The molecule has 0 radical (unpaired) electrons. The lowest BCUT2D eigenvalue weighted by Crippen LogP contribution is -2.24. The Balaban J connectivity index is 2.00. The van der Waals surface area contributed by atoms with Crippen molar-refractivity contribution in [2.75, 3.05) is 6.61 Å². The fourth-order valence-corrected chi connectivity index (χ4v) is 2.49. The van der Waals surface area contributed by atoms with E-state index < -0.39 is 17.2 Å². The molecule has 0 aromatic heterocycles. The average molecular weight is 386 g/mol. The molecule has 0 unspecified atom stereocenters. The smallest absolute Gasteiger partial charge is 0.201 e. The number of carbonyl (C=O) groups is 1. The Bertz CT molecular complexity index is 679. The molecule has 0 spiro atoms. The maximum atomic E-state index is 13.9. The van der Waals surface area contributed by atoms with Crippen LogP contribution >= 0.6 is 22.6 Å². The third kappa shape index (κ3) is 2.25. The molecule has 0 amide bonds. The van der Waals surface area contributed by atoms with Crippen LogP contribution in [0.25, 0.3) is 0 Å². The maximum absolute atomic E-state index is 13.9. The number of hydrogen-bond donors (Lipinski definition) is 0. The molecule has 2 nitrogen and oxygen atoms in total. The zero-order valence-corrected chi connectivity index (χ0v) is 12.4. The van der Waals surface area contributed by atoms with Crippen molar-refractivity contribution in [3.8, 4) is 0 Å². The predicted molar refractivity (Wildman–Crippen MR) is 77.5 cm³/mol. The van der Waals surface area contributed by atoms with Crippen LogP contribution in [0.15, 0.2) is 42.5 Å². The van der Waals surface area contributed by atoms with Gasteiger partial charge in [0.15, 0.2) is 5.60 Å². The van der Waals surface area contributed by atoms with Crippen molar-refractivity contribution in [3.63, 3.8) is 0 Å². The Kier molecular flexibility index (Phi) is 3.33. The Morgan fingerprint density at radius 2 is 1.80 bits per heavy atom. The van der Waals surface area contributed by atoms with Gasteiger partial charge < -0.3 is 4.74 Å². The van der Waals surface area contributed by atoms with Crippen molar-refractivity contribution in [1.82, 2.24) is 0 Å². The van der Waals surface area contributed by atoms with Crippen molar-refractivity contribution < 1.29 is 18.3 Å². The van der Waals surface area contributed by atoms with E-state index in [0.717, 1.165) is 15.7 Å². The van der Waals surface area contributed by atoms with E-state index in [1.54, 1.807) is 24.3 Å². The van der Waals surface area contributed by atoms with Gasteiger partial charge in [-0.1, -0.05) is 12.1 Å². The Hall–Kier alpha value is -1.34. The lowest BCUT2D eigenvalue weighted by Gasteiger charge is -2.12. The van der Waals surface area contributed by atoms with Gasteiger partial charge in [-0.2, -0.15) is 0 Å². The monoisotopic (exact) mass is 386 g/mol. The van der Waals surface area contributed by atoms with E-state index in [0.29, 0.717) is 5.56 Å². The molecule has 0 aliphatic carbocycles. The number of halogens is 3. The molecule has 0 bridgehead atoms. The third-order valence-electron chi connectivity index (χ3n) is 3.27. The summed E-state index contributed by atoms with van der Waals surface area (Å²) in [6.45, 7) is 0.111. The standard InChI is InChI=1S/C15H9F2IO2/c16-10-3-6-12(13(17)7-10)15(8-20-15)14(19)9-1-4-11(18)5-2-9/h1-7H,8H2/t15-/m1/s1. The fraction of sp³-hybridized carbons (Fsp3) is 0.133. The summed E-state index contributed by atoms with van der Waals surface area (Å²) in [5.74, 6) is -1.75. The van der Waals surface area contributed by atoms with Crippen LogP contribution in [0.2, 0.25) is 0 Å². The minimum Gasteiger partial charge on any atom is -0.356 e. The summed E-state index contributed by atoms with van der Waals surface area (Å²) < 4.78 is 33.0. The van der Waals surface area contributed by atoms with Gasteiger partial charge in [0.05, 0.1) is 6.61 Å². The number of ether oxygens (including phenoxy) is 1. The second-order valence-corrected chi connectivity index (χ2v) is 5.82. The number of rotatable bonds is 3. The highest BCUT2D eigenvalue weighted by atomic mass is 127. The molecular weight excluding hydrogens is 377 g/mol. The fourth-order valence-electron chi connectivity index (χ4n) is 2.13. The highest BCUT2D eigenvalue weighted by molar-refractivity contribution is 14.1. The van der Waals surface area contributed by atoms with Crippen LogP contribution in [0.5, 0.6) is 0 Å². The molecule has 2 aromatic carbocycles. The number of hydrogen-bond acceptors (Lipinski definition) is 2. The van der Waals surface area contributed by atoms with Gasteiger partial charge in [-0.05, 0) is 46.9 Å². The minimum absolute atomic E-state index is 0.0856. The minimum atomic E-state index is -1.30. The van der Waals surface area contributed by atoms with Crippen molar-refractivity contribution in [2.45, 2.75) is 5.60 Å². The van der Waals surface area contributed by atoms with E-state index >= 15 is 0 Å². The van der Waals surface area contributed by atoms with Crippen LogP contribution in [0.1, 0.15) is 15.9 Å². The predicted octanol–water partition coefficient (Wildman–Crippen LogP) is 3.68. The van der Waals surface area contributed by atoms with E-state index in [2.05, 4.69) is 22.6 Å². The zero-order valence-electron chi connectivity index (χ0n) is 10.2. The first-order chi connectivity index (χ1) is 9.53. The topological polar surface area (TPSA) is 29.6 Å². The summed E-state index contributed by atoms with van der Waals surface area (Å²) in [7, 11) is 0. The van der Waals surface area contributed by atoms with Crippen LogP contribution in [-0.2, 0) is 10.3 Å². The first-order valence-corrected chi connectivity index (χ1v) is 7.01. The molecule has 102 valence electrons. The number of carbonyl (C=O) groups excluding carboxylic acids is 1. The highest BCUT2D eigenvalue weighted by Gasteiger charge is 2.55. The molecule has 1 fully saturated rings. The van der Waals surface area contributed by atoms with Crippen molar-refractivity contribution in [3.05, 3.63) is 68.8 Å². The van der Waals surface area contributed by atoms with E-state index in [9.17, 15) is 13.6 Å². The summed E-state index contributed by atoms with van der Waals surface area (Å²) in [5, 5.41) is 0. The molecule has 1 atom stereocenters. The highest BCUT2D eigenvalue weighted by Crippen LogP contribution is 2.43. The molecule has 2 aromatic rings. The van der Waals surface area contributed by atoms with Crippen LogP contribution < -0.4 is 0 Å². The molecule has 0 N–H and O–H groups in total. The molecule has 1 heterocycles. The van der Waals surface area contributed by atoms with Gasteiger partial charge in [-0.25, -0.2) is 8.78 Å². The quantitative estimate of drug-likeness (QED) is 0.458. The summed E-state index contributed by atoms with van der Waals surface area (Å²) >= 11 is 2.13. The van der Waals surface area contributed by atoms with Crippen LogP contribution in [0.3, 0.4) is 0 Å². The molecule has 5 heteroatoms. The summed E-state index contributed by atoms with van der Waals surface area (Å²) in [4.78, 5) is 12.5. The van der Waals surface area contributed by atoms with Gasteiger partial charge in [0.25, 0.3) is 0 Å². The first-order valence-electron chi connectivity index (χ1n) is 5.93. The Morgan fingerprint density at radius 1 is 1.15 bits per heavy atom. The van der Waals surface area contributed by atoms with Gasteiger partial charge in [0.1, 0.15) is 11.6 Å². The summed E-state index contributed by atoms with van der Waals surface area (Å²) in [5.41, 5.74) is -0.765. The number of ketones is 1. The normalized spacial score (nSPS) is 20.8. The van der Waals surface area contributed by atoms with Gasteiger partial charge >= 0.3 is 0 Å². The van der Waals surface area contributed by atoms with Gasteiger partial charge in [0, 0.05) is 20.8 Å². The number of epoxide rings is 1.